The van der Waals surface area contributed by atoms with E-state index in [9.17, 15) is 14.7 Å². The van der Waals surface area contributed by atoms with Crippen LogP contribution in [-0.2, 0) is 0 Å². The lowest BCUT2D eigenvalue weighted by Gasteiger charge is -2.31. The van der Waals surface area contributed by atoms with Gasteiger partial charge in [-0.1, -0.05) is 12.8 Å². The van der Waals surface area contributed by atoms with E-state index in [2.05, 4.69) is 4.98 Å². The summed E-state index contributed by atoms with van der Waals surface area (Å²) in [4.78, 5) is 27.2. The molecule has 5 nitrogen and oxygen atoms in total. The maximum atomic E-state index is 12.2. The zero-order chi connectivity index (χ0) is 13.8. The van der Waals surface area contributed by atoms with Gasteiger partial charge >= 0.3 is 0 Å². The molecule has 1 fully saturated rings. The number of aromatic amines is 1. The number of nitrogens with one attached hydrogen (secondary N) is 1. The molecule has 5 heteroatoms. The lowest BCUT2D eigenvalue weighted by molar-refractivity contribution is 0.0451. The molecule has 0 aliphatic heterocycles. The molecule has 1 aliphatic carbocycles. The van der Waals surface area contributed by atoms with Gasteiger partial charge in [0.1, 0.15) is 0 Å². The fourth-order valence-electron chi connectivity index (χ4n) is 2.60. The number of aromatic nitrogens is 1. The van der Waals surface area contributed by atoms with E-state index in [-0.39, 0.29) is 23.5 Å². The summed E-state index contributed by atoms with van der Waals surface area (Å²) >= 11 is 0. The third-order valence-corrected chi connectivity index (χ3v) is 3.76. The molecular formula is C14H20N2O3. The summed E-state index contributed by atoms with van der Waals surface area (Å²) in [6.07, 6.45) is 5.09. The first-order chi connectivity index (χ1) is 9.08. The molecule has 1 saturated carbocycles. The smallest absolute Gasteiger partial charge is 0.255 e. The Morgan fingerprint density at radius 3 is 2.79 bits per heavy atom. The quantitative estimate of drug-likeness (QED) is 0.855. The first kappa shape index (κ1) is 13.8. The van der Waals surface area contributed by atoms with Crippen molar-refractivity contribution in [1.29, 1.82) is 0 Å². The van der Waals surface area contributed by atoms with Crippen molar-refractivity contribution in [1.82, 2.24) is 9.88 Å². The van der Waals surface area contributed by atoms with Crippen molar-refractivity contribution >= 4 is 5.91 Å². The van der Waals surface area contributed by atoms with Gasteiger partial charge in [-0.05, 0) is 18.9 Å². The molecule has 2 N–H and O–H groups in total. The molecule has 1 aromatic rings. The van der Waals surface area contributed by atoms with E-state index in [1.807, 2.05) is 0 Å². The van der Waals surface area contributed by atoms with Crippen molar-refractivity contribution in [2.75, 3.05) is 13.6 Å². The second-order valence-corrected chi connectivity index (χ2v) is 5.24. The Morgan fingerprint density at radius 2 is 2.16 bits per heavy atom. The van der Waals surface area contributed by atoms with E-state index in [0.29, 0.717) is 12.1 Å². The summed E-state index contributed by atoms with van der Waals surface area (Å²) in [7, 11) is 1.73. The highest BCUT2D eigenvalue weighted by Crippen LogP contribution is 2.25. The molecule has 2 unspecified atom stereocenters. The van der Waals surface area contributed by atoms with Gasteiger partial charge in [0, 0.05) is 31.8 Å². The molecule has 0 saturated heterocycles. The van der Waals surface area contributed by atoms with Crippen molar-refractivity contribution < 1.29 is 9.90 Å². The van der Waals surface area contributed by atoms with Crippen LogP contribution in [0, 0.1) is 5.92 Å². The van der Waals surface area contributed by atoms with Crippen LogP contribution >= 0.6 is 0 Å². The molecular weight excluding hydrogens is 244 g/mol. The zero-order valence-electron chi connectivity index (χ0n) is 11.1. The fourth-order valence-corrected chi connectivity index (χ4v) is 2.60. The number of nitrogens with zero attached hydrogens (tertiary/aromatic N) is 1. The van der Waals surface area contributed by atoms with Crippen LogP contribution in [0.4, 0.5) is 0 Å². The molecule has 2 atom stereocenters. The molecule has 0 bridgehead atoms. The van der Waals surface area contributed by atoms with Crippen LogP contribution in [0.15, 0.2) is 23.1 Å². The van der Waals surface area contributed by atoms with Gasteiger partial charge in [-0.15, -0.1) is 0 Å². The first-order valence-electron chi connectivity index (χ1n) is 6.70. The summed E-state index contributed by atoms with van der Waals surface area (Å²) in [6.45, 7) is 0.555. The SMILES string of the molecule is CN(CC1CCCCC1O)C(=O)c1ccc(=O)[nH]c1. The largest absolute Gasteiger partial charge is 0.393 e. The molecule has 2 rings (SSSR count). The number of pyridine rings is 1. The van der Waals surface area contributed by atoms with Crippen LogP contribution in [0.2, 0.25) is 0 Å². The van der Waals surface area contributed by atoms with Gasteiger partial charge in [0.05, 0.1) is 11.7 Å². The zero-order valence-corrected chi connectivity index (χ0v) is 11.1. The monoisotopic (exact) mass is 264 g/mol. The maximum Gasteiger partial charge on any atom is 0.255 e. The molecule has 104 valence electrons. The number of aliphatic hydroxyl groups excluding tert-OH is 1. The Kier molecular flexibility index (Phi) is 4.37. The predicted molar refractivity (Wildman–Crippen MR) is 72.0 cm³/mol. The van der Waals surface area contributed by atoms with Crippen LogP contribution in [0.5, 0.6) is 0 Å². The van der Waals surface area contributed by atoms with E-state index in [0.717, 1.165) is 25.7 Å². The van der Waals surface area contributed by atoms with Crippen molar-refractivity contribution in [3.05, 3.63) is 34.2 Å². The second-order valence-electron chi connectivity index (χ2n) is 5.24. The summed E-state index contributed by atoms with van der Waals surface area (Å²) in [5.41, 5.74) is 0.245. The molecule has 1 heterocycles. The molecule has 1 amide bonds. The van der Waals surface area contributed by atoms with E-state index in [1.54, 1.807) is 11.9 Å². The van der Waals surface area contributed by atoms with E-state index >= 15 is 0 Å². The molecule has 19 heavy (non-hydrogen) atoms. The molecule has 0 radical (unpaired) electrons. The van der Waals surface area contributed by atoms with E-state index < -0.39 is 0 Å². The third kappa shape index (κ3) is 3.44. The number of H-pyrrole nitrogens is 1. The van der Waals surface area contributed by atoms with Crippen LogP contribution in [0.3, 0.4) is 0 Å². The highest BCUT2D eigenvalue weighted by atomic mass is 16.3. The Hall–Kier alpha value is -1.62. The van der Waals surface area contributed by atoms with Gasteiger partial charge in [-0.3, -0.25) is 9.59 Å². The van der Waals surface area contributed by atoms with Crippen molar-refractivity contribution in [2.45, 2.75) is 31.8 Å². The van der Waals surface area contributed by atoms with Crippen LogP contribution < -0.4 is 5.56 Å². The summed E-state index contributed by atoms with van der Waals surface area (Å²) < 4.78 is 0. The van der Waals surface area contributed by atoms with Gasteiger partial charge in [-0.25, -0.2) is 0 Å². The Balaban J connectivity index is 1.98. The van der Waals surface area contributed by atoms with Gasteiger partial charge in [0.15, 0.2) is 0 Å². The highest BCUT2D eigenvalue weighted by Gasteiger charge is 2.25. The summed E-state index contributed by atoms with van der Waals surface area (Å²) in [5.74, 6) is 0.0273. The minimum Gasteiger partial charge on any atom is -0.393 e. The van der Waals surface area contributed by atoms with Crippen molar-refractivity contribution in [2.24, 2.45) is 5.92 Å². The second kappa shape index (κ2) is 6.02. The first-order valence-corrected chi connectivity index (χ1v) is 6.70. The number of amides is 1. The molecule has 1 aromatic heterocycles. The molecule has 0 aromatic carbocycles. The number of aliphatic hydroxyl groups is 1. The van der Waals surface area contributed by atoms with Crippen LogP contribution in [0.25, 0.3) is 0 Å². The Bertz CT molecular complexity index is 477. The highest BCUT2D eigenvalue weighted by molar-refractivity contribution is 5.93. The minimum atomic E-state index is -0.306. The average Bonchev–Trinajstić information content (AvgIpc) is 2.41. The lowest BCUT2D eigenvalue weighted by Crippen LogP contribution is -2.38. The predicted octanol–water partition coefficient (Wildman–Crippen LogP) is 0.998. The van der Waals surface area contributed by atoms with Crippen molar-refractivity contribution in [3.63, 3.8) is 0 Å². The average molecular weight is 264 g/mol. The number of hydrogen-bond donors (Lipinski definition) is 2. The summed E-state index contributed by atoms with van der Waals surface area (Å²) in [5, 5.41) is 9.92. The Labute approximate surface area is 112 Å². The van der Waals surface area contributed by atoms with Crippen LogP contribution in [-0.4, -0.2) is 40.6 Å². The lowest BCUT2D eigenvalue weighted by atomic mass is 9.86. The number of rotatable bonds is 3. The molecule has 1 aliphatic rings. The molecule has 0 spiro atoms. The number of carbonyl (C=O) groups is 1. The number of hydrogen-bond acceptors (Lipinski definition) is 3. The van der Waals surface area contributed by atoms with E-state index in [1.165, 1.54) is 18.3 Å². The van der Waals surface area contributed by atoms with Gasteiger partial charge in [0.25, 0.3) is 5.91 Å². The maximum absolute atomic E-state index is 12.2. The van der Waals surface area contributed by atoms with Gasteiger partial charge < -0.3 is 15.0 Å². The van der Waals surface area contributed by atoms with Crippen molar-refractivity contribution in [3.8, 4) is 0 Å². The topological polar surface area (TPSA) is 73.4 Å². The normalized spacial score (nSPS) is 23.1. The van der Waals surface area contributed by atoms with E-state index in [4.69, 9.17) is 0 Å². The minimum absolute atomic E-state index is 0.131. The third-order valence-electron chi connectivity index (χ3n) is 3.76. The Morgan fingerprint density at radius 1 is 1.42 bits per heavy atom. The van der Waals surface area contributed by atoms with Gasteiger partial charge in [0.2, 0.25) is 5.56 Å². The fraction of sp³-hybridized carbons (Fsp3) is 0.571. The van der Waals surface area contributed by atoms with Crippen LogP contribution in [0.1, 0.15) is 36.0 Å². The number of carbonyl (C=O) groups excluding carboxylic acids is 1. The van der Waals surface area contributed by atoms with Gasteiger partial charge in [-0.2, -0.15) is 0 Å². The summed E-state index contributed by atoms with van der Waals surface area (Å²) in [6, 6.07) is 2.87. The standard InChI is InChI=1S/C14H20N2O3/c1-16(9-11-4-2-3-5-12(11)17)14(19)10-6-7-13(18)15-8-10/h6-8,11-12,17H,2-5,9H2,1H3,(H,15,18).